The predicted molar refractivity (Wildman–Crippen MR) is 117 cm³/mol. The van der Waals surface area contributed by atoms with Gasteiger partial charge in [0, 0.05) is 20.0 Å². The summed E-state index contributed by atoms with van der Waals surface area (Å²) < 4.78 is 5.66. The molecule has 1 aliphatic heterocycles. The van der Waals surface area contributed by atoms with E-state index in [0.717, 1.165) is 18.5 Å². The van der Waals surface area contributed by atoms with Crippen LogP contribution in [0.5, 0.6) is 0 Å². The number of guanidine groups is 1. The molecule has 7 heteroatoms. The van der Waals surface area contributed by atoms with E-state index < -0.39 is 17.6 Å². The summed E-state index contributed by atoms with van der Waals surface area (Å²) in [4.78, 5) is 16.5. The van der Waals surface area contributed by atoms with Crippen LogP contribution in [0.3, 0.4) is 0 Å². The zero-order valence-corrected chi connectivity index (χ0v) is 18.5. The van der Waals surface area contributed by atoms with Gasteiger partial charge in [0.1, 0.15) is 0 Å². The lowest BCUT2D eigenvalue weighted by Gasteiger charge is -2.47. The van der Waals surface area contributed by atoms with Gasteiger partial charge in [0.25, 0.3) is 0 Å². The summed E-state index contributed by atoms with van der Waals surface area (Å²) in [6, 6.07) is 8.24. The van der Waals surface area contributed by atoms with Crippen LogP contribution in [0.4, 0.5) is 0 Å². The Balaban J connectivity index is 2.08. The fourth-order valence-corrected chi connectivity index (χ4v) is 3.31. The van der Waals surface area contributed by atoms with Crippen molar-refractivity contribution in [1.29, 1.82) is 0 Å². The average molecular weight is 404 g/mol. The highest BCUT2D eigenvalue weighted by atomic mass is 16.6. The number of hydrogen-bond donors (Lipinski definition) is 4. The summed E-state index contributed by atoms with van der Waals surface area (Å²) in [5, 5.41) is 13.2. The van der Waals surface area contributed by atoms with E-state index in [0.29, 0.717) is 12.5 Å². The van der Waals surface area contributed by atoms with Gasteiger partial charge in [0.2, 0.25) is 0 Å². The molecular weight excluding hydrogens is 366 g/mol. The molecule has 0 amide bonds. The maximum Gasteiger partial charge on any atom is 0.308 e. The van der Waals surface area contributed by atoms with Gasteiger partial charge < -0.3 is 10.1 Å². The molecule has 0 spiro atoms. The van der Waals surface area contributed by atoms with Gasteiger partial charge in [-0.3, -0.25) is 15.1 Å². The van der Waals surface area contributed by atoms with Crippen LogP contribution in [-0.2, 0) is 16.1 Å². The van der Waals surface area contributed by atoms with Gasteiger partial charge in [-0.05, 0) is 32.8 Å². The maximum absolute atomic E-state index is 11.8. The van der Waals surface area contributed by atoms with Crippen molar-refractivity contribution in [3.63, 3.8) is 0 Å². The highest BCUT2D eigenvalue weighted by Gasteiger charge is 2.44. The molecule has 4 N–H and O–H groups in total. The Bertz CT molecular complexity index is 687. The Morgan fingerprint density at radius 1 is 1.10 bits per heavy atom. The van der Waals surface area contributed by atoms with Crippen molar-refractivity contribution in [3.8, 4) is 0 Å². The smallest absolute Gasteiger partial charge is 0.308 e. The van der Waals surface area contributed by atoms with Crippen molar-refractivity contribution in [2.75, 3.05) is 6.54 Å². The fourth-order valence-electron chi connectivity index (χ4n) is 3.31. The maximum atomic E-state index is 11.8. The molecule has 1 fully saturated rings. The largest absolute Gasteiger partial charge is 0.411 e. The van der Waals surface area contributed by atoms with Gasteiger partial charge in [-0.15, -0.1) is 0 Å². The zero-order valence-electron chi connectivity index (χ0n) is 18.5. The Hall–Kier alpha value is -2.12. The van der Waals surface area contributed by atoms with E-state index in [2.05, 4.69) is 64.4 Å². The molecule has 0 saturated carbocycles. The molecule has 0 aromatic heterocycles. The Morgan fingerprint density at radius 3 is 2.45 bits per heavy atom. The van der Waals surface area contributed by atoms with Gasteiger partial charge in [-0.1, -0.05) is 62.4 Å². The van der Waals surface area contributed by atoms with Crippen molar-refractivity contribution in [3.05, 3.63) is 35.4 Å². The second kappa shape index (κ2) is 10.6. The summed E-state index contributed by atoms with van der Waals surface area (Å²) in [6.45, 7) is 10.9. The predicted octanol–water partition coefficient (Wildman–Crippen LogP) is 3.10. The monoisotopic (exact) mass is 403 g/mol. The minimum Gasteiger partial charge on any atom is -0.411 e. The zero-order chi connectivity index (χ0) is 21.3. The number of carbonyl (C=O) groups excluding carboxylic acids is 1. The van der Waals surface area contributed by atoms with Crippen LogP contribution in [0.15, 0.2) is 29.3 Å². The van der Waals surface area contributed by atoms with Crippen molar-refractivity contribution in [2.24, 2.45) is 4.99 Å². The molecule has 1 aromatic carbocycles. The number of nitrogens with zero attached hydrogens (tertiary/aromatic N) is 1. The summed E-state index contributed by atoms with van der Waals surface area (Å²) >= 11 is 0. The quantitative estimate of drug-likeness (QED) is 0.273. The van der Waals surface area contributed by atoms with Gasteiger partial charge in [-0.25, -0.2) is 10.6 Å². The lowest BCUT2D eigenvalue weighted by molar-refractivity contribution is -0.175. The molecule has 0 bridgehead atoms. The van der Waals surface area contributed by atoms with Gasteiger partial charge >= 0.3 is 11.9 Å². The number of hydrogen-bond acceptors (Lipinski definition) is 5. The van der Waals surface area contributed by atoms with E-state index in [-0.39, 0.29) is 0 Å². The van der Waals surface area contributed by atoms with E-state index in [4.69, 9.17) is 4.74 Å². The number of carbonyl (C=O) groups is 1. The number of aryl methyl sites for hydroxylation is 1. The molecule has 0 aliphatic carbocycles. The number of aliphatic imine (C=N–C) groups is 1. The van der Waals surface area contributed by atoms with Gasteiger partial charge in [0.05, 0.1) is 5.66 Å². The third-order valence-corrected chi connectivity index (χ3v) is 4.70. The fraction of sp³-hybridized carbons (Fsp3) is 0.636. The minimum atomic E-state index is -1.24. The summed E-state index contributed by atoms with van der Waals surface area (Å²) in [5.74, 6) is -1.02. The molecule has 1 unspecified atom stereocenters. The van der Waals surface area contributed by atoms with Gasteiger partial charge in [-0.2, -0.15) is 0 Å². The lowest BCUT2D eigenvalue weighted by Crippen LogP contribution is -2.82. The first kappa shape index (κ1) is 23.2. The topological polar surface area (TPSA) is 86.8 Å². The number of benzene rings is 1. The molecule has 1 saturated heterocycles. The highest BCUT2D eigenvalue weighted by molar-refractivity contribution is 5.82. The molecule has 1 aliphatic rings. The minimum absolute atomic E-state index is 0.391. The van der Waals surface area contributed by atoms with Crippen molar-refractivity contribution in [1.82, 2.24) is 21.3 Å². The van der Waals surface area contributed by atoms with Crippen LogP contribution in [0.25, 0.3) is 0 Å². The molecule has 29 heavy (non-hydrogen) atoms. The van der Waals surface area contributed by atoms with Crippen LogP contribution in [0.1, 0.15) is 70.9 Å². The number of esters is 1. The van der Waals surface area contributed by atoms with E-state index in [1.807, 2.05) is 13.8 Å². The molecule has 1 atom stereocenters. The van der Waals surface area contributed by atoms with Crippen LogP contribution in [-0.4, -0.2) is 30.1 Å². The summed E-state index contributed by atoms with van der Waals surface area (Å²) in [6.07, 6.45) is 5.95. The average Bonchev–Trinajstić information content (AvgIpc) is 2.62. The Kier molecular flexibility index (Phi) is 8.46. The second-order valence-electron chi connectivity index (χ2n) is 8.26. The van der Waals surface area contributed by atoms with E-state index in [9.17, 15) is 4.79 Å². The van der Waals surface area contributed by atoms with Crippen LogP contribution < -0.4 is 21.3 Å². The van der Waals surface area contributed by atoms with Crippen LogP contribution in [0.2, 0.25) is 0 Å². The third kappa shape index (κ3) is 8.03. The van der Waals surface area contributed by atoms with E-state index in [1.54, 1.807) is 0 Å². The number of rotatable bonds is 10. The van der Waals surface area contributed by atoms with Crippen LogP contribution in [0, 0.1) is 6.92 Å². The molecule has 0 radical (unpaired) electrons. The third-order valence-electron chi connectivity index (χ3n) is 4.70. The van der Waals surface area contributed by atoms with E-state index in [1.165, 1.54) is 38.2 Å². The highest BCUT2D eigenvalue weighted by Crippen LogP contribution is 2.14. The van der Waals surface area contributed by atoms with Gasteiger partial charge in [0.15, 0.2) is 5.96 Å². The van der Waals surface area contributed by atoms with Crippen molar-refractivity contribution < 1.29 is 9.53 Å². The Morgan fingerprint density at radius 2 is 1.79 bits per heavy atom. The van der Waals surface area contributed by atoms with Crippen LogP contribution >= 0.6 is 0 Å². The normalized spacial score (nSPS) is 22.0. The first-order valence-corrected chi connectivity index (χ1v) is 10.6. The number of unbranched alkanes of at least 4 members (excludes halogenated alkanes) is 4. The van der Waals surface area contributed by atoms with E-state index >= 15 is 0 Å². The first-order chi connectivity index (χ1) is 13.7. The molecule has 162 valence electrons. The second-order valence-corrected chi connectivity index (χ2v) is 8.26. The van der Waals surface area contributed by atoms with Crippen molar-refractivity contribution >= 4 is 11.9 Å². The molecule has 7 nitrogen and oxygen atoms in total. The summed E-state index contributed by atoms with van der Waals surface area (Å²) in [5.41, 5.74) is 1.77. The molecule has 2 rings (SSSR count). The molecular formula is C22H37N5O2. The number of ether oxygens (including phenoxy) is 1. The van der Waals surface area contributed by atoms with Crippen molar-refractivity contribution in [2.45, 2.75) is 84.9 Å². The molecule has 1 heterocycles. The summed E-state index contributed by atoms with van der Waals surface area (Å²) in [7, 11) is 0. The SMILES string of the molecule is CCCCCCCN=C1NC(C)(C)NC(NCc2ccc(C)cc2)(OC(C)=O)N1. The number of nitrogens with one attached hydrogen (secondary N) is 4. The Labute approximate surface area is 175 Å². The molecule has 1 aromatic rings. The first-order valence-electron chi connectivity index (χ1n) is 10.6. The standard InChI is InChI=1S/C22H37N5O2/c1-6-7-8-9-10-15-23-20-25-21(4,5)27-22(26-20,29-18(3)28)24-16-19-13-11-17(2)12-14-19/h11-14,24,27H,6-10,15-16H2,1-5H3,(H2,23,25,26). The lowest BCUT2D eigenvalue weighted by atomic mass is 10.1.